The third-order valence-electron chi connectivity index (χ3n) is 5.06. The van der Waals surface area contributed by atoms with Crippen molar-refractivity contribution in [2.75, 3.05) is 6.54 Å². The van der Waals surface area contributed by atoms with Crippen molar-refractivity contribution < 1.29 is 19.4 Å². The predicted octanol–water partition coefficient (Wildman–Crippen LogP) is 3.04. The van der Waals surface area contributed by atoms with Gasteiger partial charge < -0.3 is 14.7 Å². The number of rotatable bonds is 3. The number of carbonyl (C=O) groups excluding carboxylic acids is 1. The standard InChI is InChI=1S/C17H21NO4/c19-15(20)14-6-8-17(9-7-14)10-11-18(17)16(21)22-12-13-4-2-1-3-5-13/h1-5,14H,6-12H2,(H,19,20). The van der Waals surface area contributed by atoms with E-state index in [2.05, 4.69) is 0 Å². The first-order valence-corrected chi connectivity index (χ1v) is 7.82. The first kappa shape index (κ1) is 14.9. The largest absolute Gasteiger partial charge is 0.481 e. The van der Waals surface area contributed by atoms with E-state index in [9.17, 15) is 9.59 Å². The minimum Gasteiger partial charge on any atom is -0.481 e. The predicted molar refractivity (Wildman–Crippen MR) is 80.3 cm³/mol. The van der Waals surface area contributed by atoms with Crippen LogP contribution in [0.3, 0.4) is 0 Å². The van der Waals surface area contributed by atoms with Gasteiger partial charge in [-0.05, 0) is 37.7 Å². The van der Waals surface area contributed by atoms with Crippen LogP contribution in [0.5, 0.6) is 0 Å². The number of carboxylic acid groups (broad SMARTS) is 1. The van der Waals surface area contributed by atoms with Crippen LogP contribution in [0, 0.1) is 5.92 Å². The molecule has 1 saturated carbocycles. The van der Waals surface area contributed by atoms with Gasteiger partial charge in [-0.3, -0.25) is 4.79 Å². The van der Waals surface area contributed by atoms with E-state index in [1.807, 2.05) is 30.3 Å². The Bertz CT molecular complexity index is 549. The van der Waals surface area contributed by atoms with E-state index in [0.29, 0.717) is 19.4 Å². The molecule has 3 rings (SSSR count). The zero-order valence-electron chi connectivity index (χ0n) is 12.5. The molecule has 0 aromatic heterocycles. The average molecular weight is 303 g/mol. The quantitative estimate of drug-likeness (QED) is 0.932. The zero-order chi connectivity index (χ0) is 15.6. The molecular formula is C17H21NO4. The molecule has 1 N–H and O–H groups in total. The van der Waals surface area contributed by atoms with Gasteiger partial charge in [-0.25, -0.2) is 4.79 Å². The van der Waals surface area contributed by atoms with Gasteiger partial charge >= 0.3 is 12.1 Å². The molecule has 1 saturated heterocycles. The van der Waals surface area contributed by atoms with Crippen molar-refractivity contribution in [3.05, 3.63) is 35.9 Å². The molecule has 1 aromatic carbocycles. The number of amides is 1. The van der Waals surface area contributed by atoms with Crippen molar-refractivity contribution in [1.82, 2.24) is 4.90 Å². The highest BCUT2D eigenvalue weighted by molar-refractivity contribution is 5.71. The lowest BCUT2D eigenvalue weighted by molar-refractivity contribution is -0.144. The van der Waals surface area contributed by atoms with Crippen LogP contribution in [-0.2, 0) is 16.1 Å². The normalized spacial score (nSPS) is 27.3. The van der Waals surface area contributed by atoms with Crippen LogP contribution in [-0.4, -0.2) is 34.2 Å². The van der Waals surface area contributed by atoms with Crippen LogP contribution in [0.25, 0.3) is 0 Å². The number of nitrogens with zero attached hydrogens (tertiary/aromatic N) is 1. The maximum Gasteiger partial charge on any atom is 0.410 e. The zero-order valence-corrected chi connectivity index (χ0v) is 12.5. The molecule has 1 aromatic rings. The molecule has 5 nitrogen and oxygen atoms in total. The van der Waals surface area contributed by atoms with Gasteiger partial charge in [0.05, 0.1) is 5.92 Å². The highest BCUT2D eigenvalue weighted by atomic mass is 16.6. The van der Waals surface area contributed by atoms with Gasteiger partial charge in [0.15, 0.2) is 0 Å². The molecule has 22 heavy (non-hydrogen) atoms. The summed E-state index contributed by atoms with van der Waals surface area (Å²) < 4.78 is 5.40. The lowest BCUT2D eigenvalue weighted by Crippen LogP contribution is -2.63. The molecular weight excluding hydrogens is 282 g/mol. The Labute approximate surface area is 129 Å². The molecule has 2 aliphatic rings. The summed E-state index contributed by atoms with van der Waals surface area (Å²) in [5, 5.41) is 9.08. The summed E-state index contributed by atoms with van der Waals surface area (Å²) in [5.74, 6) is -0.971. The van der Waals surface area contributed by atoms with Gasteiger partial charge in [-0.15, -0.1) is 0 Å². The van der Waals surface area contributed by atoms with Crippen LogP contribution in [0.4, 0.5) is 4.79 Å². The van der Waals surface area contributed by atoms with Crippen LogP contribution < -0.4 is 0 Å². The summed E-state index contributed by atoms with van der Waals surface area (Å²) >= 11 is 0. The van der Waals surface area contributed by atoms with E-state index in [-0.39, 0.29) is 24.2 Å². The summed E-state index contributed by atoms with van der Waals surface area (Å²) in [5.41, 5.74) is 0.819. The van der Waals surface area contributed by atoms with Crippen molar-refractivity contribution in [3.8, 4) is 0 Å². The smallest absolute Gasteiger partial charge is 0.410 e. The van der Waals surface area contributed by atoms with Gasteiger partial charge in [0.2, 0.25) is 0 Å². The van der Waals surface area contributed by atoms with Crippen LogP contribution >= 0.6 is 0 Å². The van der Waals surface area contributed by atoms with Gasteiger partial charge in [0, 0.05) is 12.1 Å². The highest BCUT2D eigenvalue weighted by Crippen LogP contribution is 2.45. The Hall–Kier alpha value is -2.04. The summed E-state index contributed by atoms with van der Waals surface area (Å²) in [4.78, 5) is 25.1. The topological polar surface area (TPSA) is 66.8 Å². The lowest BCUT2D eigenvalue weighted by Gasteiger charge is -2.54. The Balaban J connectivity index is 1.54. The number of hydrogen-bond donors (Lipinski definition) is 1. The van der Waals surface area contributed by atoms with Crippen molar-refractivity contribution >= 4 is 12.1 Å². The van der Waals surface area contributed by atoms with Gasteiger partial charge in [0.1, 0.15) is 6.61 Å². The van der Waals surface area contributed by atoms with Crippen molar-refractivity contribution in [2.45, 2.75) is 44.2 Å². The average Bonchev–Trinajstić information content (AvgIpc) is 2.53. The number of carbonyl (C=O) groups is 2. The van der Waals surface area contributed by atoms with Crippen molar-refractivity contribution in [2.24, 2.45) is 5.92 Å². The monoisotopic (exact) mass is 303 g/mol. The van der Waals surface area contributed by atoms with Gasteiger partial charge in [-0.1, -0.05) is 30.3 Å². The Morgan fingerprint density at radius 3 is 2.41 bits per heavy atom. The van der Waals surface area contributed by atoms with Crippen LogP contribution in [0.15, 0.2) is 30.3 Å². The first-order chi connectivity index (χ1) is 10.6. The highest BCUT2D eigenvalue weighted by Gasteiger charge is 2.50. The summed E-state index contributed by atoms with van der Waals surface area (Å²) in [6.45, 7) is 0.995. The van der Waals surface area contributed by atoms with Gasteiger partial charge in [-0.2, -0.15) is 0 Å². The number of likely N-dealkylation sites (tertiary alicyclic amines) is 1. The molecule has 118 valence electrons. The van der Waals surface area contributed by atoms with Crippen molar-refractivity contribution in [1.29, 1.82) is 0 Å². The summed E-state index contributed by atoms with van der Waals surface area (Å²) in [7, 11) is 0. The van der Waals surface area contributed by atoms with E-state index in [0.717, 1.165) is 24.8 Å². The maximum atomic E-state index is 12.3. The van der Waals surface area contributed by atoms with Crippen LogP contribution in [0.2, 0.25) is 0 Å². The fraction of sp³-hybridized carbons (Fsp3) is 0.529. The number of benzene rings is 1. The minimum atomic E-state index is -0.715. The Morgan fingerprint density at radius 1 is 1.18 bits per heavy atom. The molecule has 1 aliphatic carbocycles. The molecule has 5 heteroatoms. The Morgan fingerprint density at radius 2 is 1.86 bits per heavy atom. The number of carboxylic acids is 1. The molecule has 0 unspecified atom stereocenters. The summed E-state index contributed by atoms with van der Waals surface area (Å²) in [6, 6.07) is 9.62. The molecule has 1 amide bonds. The SMILES string of the molecule is O=C(O)C1CCC2(CC1)CCN2C(=O)OCc1ccccc1. The lowest BCUT2D eigenvalue weighted by atomic mass is 9.69. The number of aliphatic carboxylic acids is 1. The van der Waals surface area contributed by atoms with E-state index >= 15 is 0 Å². The van der Waals surface area contributed by atoms with Crippen LogP contribution in [0.1, 0.15) is 37.7 Å². The van der Waals surface area contributed by atoms with E-state index in [4.69, 9.17) is 9.84 Å². The second-order valence-electron chi connectivity index (χ2n) is 6.28. The second kappa shape index (κ2) is 5.99. The maximum absolute atomic E-state index is 12.3. The fourth-order valence-corrected chi connectivity index (χ4v) is 3.54. The van der Waals surface area contributed by atoms with E-state index in [1.54, 1.807) is 4.90 Å². The minimum absolute atomic E-state index is 0.153. The second-order valence-corrected chi connectivity index (χ2v) is 6.28. The molecule has 1 heterocycles. The fourth-order valence-electron chi connectivity index (χ4n) is 3.54. The number of ether oxygens (including phenoxy) is 1. The number of hydrogen-bond acceptors (Lipinski definition) is 3. The third kappa shape index (κ3) is 2.80. The molecule has 0 atom stereocenters. The van der Waals surface area contributed by atoms with E-state index in [1.165, 1.54) is 0 Å². The summed E-state index contributed by atoms with van der Waals surface area (Å²) in [6.07, 6.45) is 3.52. The van der Waals surface area contributed by atoms with Crippen molar-refractivity contribution in [3.63, 3.8) is 0 Å². The Kier molecular flexibility index (Phi) is 4.05. The molecule has 0 radical (unpaired) electrons. The molecule has 1 spiro atoms. The molecule has 2 fully saturated rings. The molecule has 1 aliphatic heterocycles. The van der Waals surface area contributed by atoms with Gasteiger partial charge in [0.25, 0.3) is 0 Å². The van der Waals surface area contributed by atoms with E-state index < -0.39 is 5.97 Å². The molecule has 0 bridgehead atoms. The third-order valence-corrected chi connectivity index (χ3v) is 5.06. The first-order valence-electron chi connectivity index (χ1n) is 7.82.